The number of nitrogens with two attached hydrogens (primary N) is 1. The van der Waals surface area contributed by atoms with E-state index in [1.165, 1.54) is 0 Å². The highest BCUT2D eigenvalue weighted by molar-refractivity contribution is 5.71. The van der Waals surface area contributed by atoms with Gasteiger partial charge in [-0.15, -0.1) is 5.10 Å². The van der Waals surface area contributed by atoms with Gasteiger partial charge >= 0.3 is 0 Å². The van der Waals surface area contributed by atoms with E-state index >= 15 is 0 Å². The molecule has 1 aliphatic rings. The maximum Gasteiger partial charge on any atom is 0.244 e. The molecule has 0 saturated carbocycles. The molecule has 7 heteroatoms. The van der Waals surface area contributed by atoms with Gasteiger partial charge in [0.1, 0.15) is 23.1 Å². The van der Waals surface area contributed by atoms with E-state index in [1.54, 1.807) is 26.4 Å². The van der Waals surface area contributed by atoms with Gasteiger partial charge < -0.3 is 19.9 Å². The lowest BCUT2D eigenvalue weighted by Crippen LogP contribution is -2.21. The second-order valence-corrected chi connectivity index (χ2v) is 6.22. The summed E-state index contributed by atoms with van der Waals surface area (Å²) in [5, 5.41) is 17.1. The highest BCUT2D eigenvalue weighted by Gasteiger charge is 2.37. The summed E-state index contributed by atoms with van der Waals surface area (Å²) in [7, 11) is 3.17. The number of aromatic amines is 1. The molecule has 1 aliphatic heterocycles. The van der Waals surface area contributed by atoms with Gasteiger partial charge in [-0.3, -0.25) is 5.10 Å². The third-order valence-electron chi connectivity index (χ3n) is 4.75. The Bertz CT molecular complexity index is 1100. The van der Waals surface area contributed by atoms with Crippen LogP contribution in [0.5, 0.6) is 17.4 Å². The van der Waals surface area contributed by atoms with Gasteiger partial charge in [-0.1, -0.05) is 30.3 Å². The van der Waals surface area contributed by atoms with E-state index in [9.17, 15) is 5.26 Å². The van der Waals surface area contributed by atoms with E-state index in [-0.39, 0.29) is 11.5 Å². The van der Waals surface area contributed by atoms with Crippen molar-refractivity contribution in [3.8, 4) is 34.7 Å². The molecule has 7 nitrogen and oxygen atoms in total. The number of nitrogens with zero attached hydrogens (tertiary/aromatic N) is 2. The number of aromatic nitrogens is 2. The van der Waals surface area contributed by atoms with E-state index < -0.39 is 5.92 Å². The highest BCUT2D eigenvalue weighted by Crippen LogP contribution is 2.48. The number of allylic oxidation sites excluding steroid dienone is 1. The predicted molar refractivity (Wildman–Crippen MR) is 103 cm³/mol. The molecule has 3 aromatic rings. The first kappa shape index (κ1) is 17.5. The molecular formula is C21H18N4O3. The van der Waals surface area contributed by atoms with Crippen molar-refractivity contribution < 1.29 is 14.2 Å². The summed E-state index contributed by atoms with van der Waals surface area (Å²) < 4.78 is 16.6. The lowest BCUT2D eigenvalue weighted by molar-refractivity contribution is 0.373. The van der Waals surface area contributed by atoms with Crippen LogP contribution in [0.4, 0.5) is 0 Å². The van der Waals surface area contributed by atoms with Crippen molar-refractivity contribution in [1.29, 1.82) is 5.26 Å². The molecule has 0 radical (unpaired) electrons. The minimum absolute atomic E-state index is 0.0241. The normalized spacial score (nSPS) is 15.4. The standard InChI is InChI=1S/C21H18N4O3/c1-26-13-8-9-16(27-2)14(10-13)17-15(11-22)20(23)28-21-18(17)19(24-25-21)12-6-4-3-5-7-12/h3-10,17H,23H2,1-2H3,(H,24,25)/t17-/m1/s1. The van der Waals surface area contributed by atoms with Gasteiger partial charge in [0, 0.05) is 5.56 Å². The number of nitriles is 1. The number of fused-ring (bicyclic) bond motifs is 1. The molecule has 140 valence electrons. The minimum atomic E-state index is -0.521. The first-order valence-electron chi connectivity index (χ1n) is 8.61. The Morgan fingerprint density at radius 2 is 1.93 bits per heavy atom. The van der Waals surface area contributed by atoms with Crippen LogP contribution >= 0.6 is 0 Å². The van der Waals surface area contributed by atoms with Crippen molar-refractivity contribution in [2.75, 3.05) is 14.2 Å². The van der Waals surface area contributed by atoms with Crippen LogP contribution in [0.2, 0.25) is 0 Å². The summed E-state index contributed by atoms with van der Waals surface area (Å²) in [6.07, 6.45) is 0. The Labute approximate surface area is 162 Å². The summed E-state index contributed by atoms with van der Waals surface area (Å²) in [6, 6.07) is 17.4. The summed E-state index contributed by atoms with van der Waals surface area (Å²) in [5.41, 5.74) is 9.48. The second kappa shape index (κ2) is 7.00. The summed E-state index contributed by atoms with van der Waals surface area (Å²) in [6.45, 7) is 0. The van der Waals surface area contributed by atoms with Crippen LogP contribution in [0, 0.1) is 11.3 Å². The predicted octanol–water partition coefficient (Wildman–Crippen LogP) is 3.31. The Morgan fingerprint density at radius 3 is 2.61 bits per heavy atom. The van der Waals surface area contributed by atoms with E-state index in [4.69, 9.17) is 19.9 Å². The number of hydrogen-bond acceptors (Lipinski definition) is 6. The molecule has 0 amide bonds. The molecule has 2 aromatic carbocycles. The molecule has 0 spiro atoms. The smallest absolute Gasteiger partial charge is 0.244 e. The average Bonchev–Trinajstić information content (AvgIpc) is 3.16. The molecule has 0 unspecified atom stereocenters. The van der Waals surface area contributed by atoms with Gasteiger partial charge in [-0.25, -0.2) is 0 Å². The van der Waals surface area contributed by atoms with Crippen LogP contribution < -0.4 is 19.9 Å². The fourth-order valence-corrected chi connectivity index (χ4v) is 3.45. The fraction of sp³-hybridized carbons (Fsp3) is 0.143. The van der Waals surface area contributed by atoms with Crippen molar-refractivity contribution in [3.05, 3.63) is 71.1 Å². The monoisotopic (exact) mass is 374 g/mol. The number of nitrogens with one attached hydrogen (secondary N) is 1. The van der Waals surface area contributed by atoms with Crippen molar-refractivity contribution in [2.45, 2.75) is 5.92 Å². The Morgan fingerprint density at radius 1 is 1.14 bits per heavy atom. The minimum Gasteiger partial charge on any atom is -0.497 e. The highest BCUT2D eigenvalue weighted by atomic mass is 16.5. The molecule has 0 aliphatic carbocycles. The van der Waals surface area contributed by atoms with Gasteiger partial charge in [0.05, 0.1) is 31.4 Å². The third kappa shape index (κ3) is 2.72. The van der Waals surface area contributed by atoms with Crippen LogP contribution in [0.3, 0.4) is 0 Å². The quantitative estimate of drug-likeness (QED) is 0.726. The van der Waals surface area contributed by atoms with Crippen molar-refractivity contribution in [2.24, 2.45) is 5.73 Å². The topological polar surface area (TPSA) is 106 Å². The third-order valence-corrected chi connectivity index (χ3v) is 4.75. The Hall–Kier alpha value is -3.92. The van der Waals surface area contributed by atoms with Gasteiger partial charge in [0.25, 0.3) is 0 Å². The maximum absolute atomic E-state index is 9.84. The number of ether oxygens (including phenoxy) is 3. The molecule has 0 saturated heterocycles. The fourth-order valence-electron chi connectivity index (χ4n) is 3.45. The maximum atomic E-state index is 9.84. The van der Waals surface area contributed by atoms with Gasteiger partial charge in [0.2, 0.25) is 11.8 Å². The van der Waals surface area contributed by atoms with Crippen molar-refractivity contribution >= 4 is 0 Å². The molecule has 2 heterocycles. The largest absolute Gasteiger partial charge is 0.497 e. The van der Waals surface area contributed by atoms with Crippen molar-refractivity contribution in [1.82, 2.24) is 10.2 Å². The lowest BCUT2D eigenvalue weighted by Gasteiger charge is -2.25. The Balaban J connectivity index is 2.00. The van der Waals surface area contributed by atoms with Crippen molar-refractivity contribution in [3.63, 3.8) is 0 Å². The molecule has 3 N–H and O–H groups in total. The van der Waals surface area contributed by atoms with Crippen LogP contribution in [0.25, 0.3) is 11.3 Å². The number of methoxy groups -OCH3 is 2. The SMILES string of the molecule is COc1ccc(OC)c([C@@H]2C(C#N)=C(N)Oc3n[nH]c(-c4ccccc4)c32)c1. The molecule has 0 fully saturated rings. The number of rotatable bonds is 4. The number of H-pyrrole nitrogens is 1. The summed E-state index contributed by atoms with van der Waals surface area (Å²) in [5.74, 6) is 1.10. The van der Waals surface area contributed by atoms with Gasteiger partial charge in [-0.2, -0.15) is 5.26 Å². The van der Waals surface area contributed by atoms with E-state index in [1.807, 2.05) is 36.4 Å². The van der Waals surface area contributed by atoms with E-state index in [0.29, 0.717) is 17.4 Å². The molecule has 4 rings (SSSR count). The van der Waals surface area contributed by atoms with Crippen LogP contribution in [0.1, 0.15) is 17.0 Å². The second-order valence-electron chi connectivity index (χ2n) is 6.22. The number of benzene rings is 2. The first-order valence-corrected chi connectivity index (χ1v) is 8.61. The zero-order valence-corrected chi connectivity index (χ0v) is 15.4. The summed E-state index contributed by atoms with van der Waals surface area (Å²) >= 11 is 0. The molecule has 1 aromatic heterocycles. The van der Waals surface area contributed by atoms with Gasteiger partial charge in [-0.05, 0) is 23.8 Å². The molecule has 1 atom stereocenters. The molecular weight excluding hydrogens is 356 g/mol. The van der Waals surface area contributed by atoms with Crippen LogP contribution in [-0.4, -0.2) is 24.4 Å². The first-order chi connectivity index (χ1) is 13.7. The Kier molecular flexibility index (Phi) is 4.38. The molecule has 28 heavy (non-hydrogen) atoms. The average molecular weight is 374 g/mol. The zero-order chi connectivity index (χ0) is 19.7. The zero-order valence-electron chi connectivity index (χ0n) is 15.4. The summed E-state index contributed by atoms with van der Waals surface area (Å²) in [4.78, 5) is 0. The molecule has 0 bridgehead atoms. The van der Waals surface area contributed by atoms with E-state index in [2.05, 4.69) is 16.3 Å². The number of hydrogen-bond donors (Lipinski definition) is 2. The lowest BCUT2D eigenvalue weighted by atomic mass is 9.82. The van der Waals surface area contributed by atoms with Crippen LogP contribution in [-0.2, 0) is 0 Å². The van der Waals surface area contributed by atoms with Crippen LogP contribution in [0.15, 0.2) is 60.0 Å². The van der Waals surface area contributed by atoms with E-state index in [0.717, 1.165) is 22.4 Å². The van der Waals surface area contributed by atoms with Gasteiger partial charge in [0.15, 0.2) is 0 Å².